The number of aliphatic imine (C=N–C) groups is 1. The van der Waals surface area contributed by atoms with Crippen LogP contribution in [-0.4, -0.2) is 42.8 Å². The Kier molecular flexibility index (Phi) is 4.57. The predicted octanol–water partition coefficient (Wildman–Crippen LogP) is 2.75. The van der Waals surface area contributed by atoms with Crippen LogP contribution in [0.2, 0.25) is 0 Å². The Morgan fingerprint density at radius 1 is 1.17 bits per heavy atom. The SMILES string of the molecule is CCN(CC)CCNC(=O)C1=Nc2cccc3cccc(c23)N1. The standard InChI is InChI=1S/C18H22N4O/c1-3-22(4-2)12-11-19-18(23)17-20-14-9-5-7-13-8-6-10-15(21-17)16(13)14/h5-10H,3-4,11-12H2,1-2H3,(H,19,23)(H,20,21). The number of hydrogen-bond acceptors (Lipinski definition) is 4. The second-order valence-corrected chi connectivity index (χ2v) is 5.55. The van der Waals surface area contributed by atoms with Crippen LogP contribution in [0.15, 0.2) is 41.4 Å². The molecule has 2 aromatic carbocycles. The van der Waals surface area contributed by atoms with Gasteiger partial charge in [0.15, 0.2) is 5.84 Å². The van der Waals surface area contributed by atoms with Gasteiger partial charge in [-0.15, -0.1) is 0 Å². The lowest BCUT2D eigenvalue weighted by atomic mass is 10.1. The van der Waals surface area contributed by atoms with Crippen molar-refractivity contribution in [3.8, 4) is 0 Å². The second-order valence-electron chi connectivity index (χ2n) is 5.55. The first-order chi connectivity index (χ1) is 11.2. The Balaban J connectivity index is 1.73. The van der Waals surface area contributed by atoms with Crippen molar-refractivity contribution < 1.29 is 4.79 Å². The van der Waals surface area contributed by atoms with Crippen molar-refractivity contribution in [3.63, 3.8) is 0 Å². The summed E-state index contributed by atoms with van der Waals surface area (Å²) in [6.07, 6.45) is 0. The molecule has 3 rings (SSSR count). The van der Waals surface area contributed by atoms with E-state index in [-0.39, 0.29) is 5.91 Å². The van der Waals surface area contributed by atoms with Gasteiger partial charge in [0.2, 0.25) is 0 Å². The van der Waals surface area contributed by atoms with Gasteiger partial charge in [-0.25, -0.2) is 4.99 Å². The highest BCUT2D eigenvalue weighted by Crippen LogP contribution is 2.35. The molecule has 0 saturated heterocycles. The molecule has 1 heterocycles. The molecule has 0 spiro atoms. The first kappa shape index (κ1) is 15.5. The third-order valence-electron chi connectivity index (χ3n) is 4.19. The van der Waals surface area contributed by atoms with Crippen LogP contribution in [0.3, 0.4) is 0 Å². The summed E-state index contributed by atoms with van der Waals surface area (Å²) in [5.41, 5.74) is 1.77. The topological polar surface area (TPSA) is 56.7 Å². The Bertz CT molecular complexity index is 745. The summed E-state index contributed by atoms with van der Waals surface area (Å²) in [7, 11) is 0. The normalized spacial score (nSPS) is 12.9. The number of rotatable bonds is 6. The molecular formula is C18H22N4O. The molecule has 2 aromatic rings. The zero-order chi connectivity index (χ0) is 16.2. The molecule has 1 aliphatic rings. The maximum absolute atomic E-state index is 12.4. The molecular weight excluding hydrogens is 288 g/mol. The molecule has 0 fully saturated rings. The Morgan fingerprint density at radius 3 is 2.65 bits per heavy atom. The number of amides is 1. The van der Waals surface area contributed by atoms with Crippen LogP contribution >= 0.6 is 0 Å². The molecule has 0 saturated carbocycles. The van der Waals surface area contributed by atoms with Gasteiger partial charge < -0.3 is 15.5 Å². The van der Waals surface area contributed by atoms with Gasteiger partial charge in [0, 0.05) is 24.2 Å². The Hall–Kier alpha value is -2.40. The summed E-state index contributed by atoms with van der Waals surface area (Å²) in [5, 5.41) is 8.28. The number of carbonyl (C=O) groups is 1. The first-order valence-electron chi connectivity index (χ1n) is 8.11. The van der Waals surface area contributed by atoms with Gasteiger partial charge in [-0.3, -0.25) is 4.79 Å². The highest BCUT2D eigenvalue weighted by molar-refractivity contribution is 6.44. The van der Waals surface area contributed by atoms with E-state index in [4.69, 9.17) is 0 Å². The Morgan fingerprint density at radius 2 is 1.91 bits per heavy atom. The van der Waals surface area contributed by atoms with Crippen LogP contribution < -0.4 is 10.6 Å². The van der Waals surface area contributed by atoms with E-state index < -0.39 is 0 Å². The summed E-state index contributed by atoms with van der Waals surface area (Å²) in [5.74, 6) is 0.194. The summed E-state index contributed by atoms with van der Waals surface area (Å²) < 4.78 is 0. The van der Waals surface area contributed by atoms with Gasteiger partial charge in [0.1, 0.15) is 0 Å². The average Bonchev–Trinajstić information content (AvgIpc) is 2.59. The van der Waals surface area contributed by atoms with Crippen molar-refractivity contribution >= 4 is 33.9 Å². The van der Waals surface area contributed by atoms with Gasteiger partial charge >= 0.3 is 0 Å². The molecule has 1 amide bonds. The van der Waals surface area contributed by atoms with Crippen molar-refractivity contribution in [2.75, 3.05) is 31.5 Å². The van der Waals surface area contributed by atoms with Crippen LogP contribution in [0.5, 0.6) is 0 Å². The van der Waals surface area contributed by atoms with E-state index in [0.717, 1.165) is 41.8 Å². The van der Waals surface area contributed by atoms with E-state index >= 15 is 0 Å². The summed E-state index contributed by atoms with van der Waals surface area (Å²) >= 11 is 0. The van der Waals surface area contributed by atoms with Crippen molar-refractivity contribution in [2.45, 2.75) is 13.8 Å². The fourth-order valence-corrected chi connectivity index (χ4v) is 2.85. The van der Waals surface area contributed by atoms with Gasteiger partial charge in [0.25, 0.3) is 5.91 Å². The first-order valence-corrected chi connectivity index (χ1v) is 8.11. The third kappa shape index (κ3) is 3.19. The van der Waals surface area contributed by atoms with Crippen LogP contribution in [-0.2, 0) is 4.79 Å². The van der Waals surface area contributed by atoms with Crippen molar-refractivity contribution in [3.05, 3.63) is 36.4 Å². The number of nitrogens with one attached hydrogen (secondary N) is 2. The molecule has 0 radical (unpaired) electrons. The molecule has 2 N–H and O–H groups in total. The fraction of sp³-hybridized carbons (Fsp3) is 0.333. The number of likely N-dealkylation sites (N-methyl/N-ethyl adjacent to an activating group) is 1. The minimum atomic E-state index is -0.163. The van der Waals surface area contributed by atoms with Crippen LogP contribution in [0.1, 0.15) is 13.8 Å². The minimum absolute atomic E-state index is 0.163. The van der Waals surface area contributed by atoms with E-state index in [1.807, 2.05) is 24.3 Å². The lowest BCUT2D eigenvalue weighted by molar-refractivity contribution is -0.114. The molecule has 0 bridgehead atoms. The number of benzene rings is 2. The van der Waals surface area contributed by atoms with Crippen LogP contribution in [0.25, 0.3) is 10.8 Å². The maximum atomic E-state index is 12.4. The van der Waals surface area contributed by atoms with E-state index in [1.54, 1.807) is 0 Å². The monoisotopic (exact) mass is 310 g/mol. The highest BCUT2D eigenvalue weighted by Gasteiger charge is 2.19. The number of anilines is 1. The van der Waals surface area contributed by atoms with Crippen molar-refractivity contribution in [2.24, 2.45) is 4.99 Å². The molecule has 0 aliphatic carbocycles. The fourth-order valence-electron chi connectivity index (χ4n) is 2.85. The largest absolute Gasteiger partial charge is 0.348 e. The Labute approximate surface area is 136 Å². The van der Waals surface area contributed by atoms with Crippen molar-refractivity contribution in [1.82, 2.24) is 10.2 Å². The van der Waals surface area contributed by atoms with Crippen molar-refractivity contribution in [1.29, 1.82) is 0 Å². The van der Waals surface area contributed by atoms with E-state index in [9.17, 15) is 4.79 Å². The van der Waals surface area contributed by atoms with Gasteiger partial charge in [-0.1, -0.05) is 38.1 Å². The lowest BCUT2D eigenvalue weighted by Gasteiger charge is -2.20. The molecule has 0 unspecified atom stereocenters. The number of nitrogens with zero attached hydrogens (tertiary/aromatic N) is 2. The molecule has 5 nitrogen and oxygen atoms in total. The quantitative estimate of drug-likeness (QED) is 0.862. The molecule has 5 heteroatoms. The summed E-state index contributed by atoms with van der Waals surface area (Å²) in [4.78, 5) is 19.1. The molecule has 0 aromatic heterocycles. The van der Waals surface area contributed by atoms with E-state index in [1.165, 1.54) is 0 Å². The highest BCUT2D eigenvalue weighted by atomic mass is 16.2. The van der Waals surface area contributed by atoms with Gasteiger partial charge in [0.05, 0.1) is 5.69 Å². The molecule has 23 heavy (non-hydrogen) atoms. The summed E-state index contributed by atoms with van der Waals surface area (Å²) in [6, 6.07) is 12.0. The van der Waals surface area contributed by atoms with Crippen LogP contribution in [0.4, 0.5) is 11.4 Å². The third-order valence-corrected chi connectivity index (χ3v) is 4.19. The van der Waals surface area contributed by atoms with Gasteiger partial charge in [-0.2, -0.15) is 0 Å². The lowest BCUT2D eigenvalue weighted by Crippen LogP contribution is -2.40. The minimum Gasteiger partial charge on any atom is -0.348 e. The molecule has 120 valence electrons. The number of amidine groups is 1. The van der Waals surface area contributed by atoms with Crippen LogP contribution in [0, 0.1) is 0 Å². The average molecular weight is 310 g/mol. The number of hydrogen-bond donors (Lipinski definition) is 2. The smallest absolute Gasteiger partial charge is 0.287 e. The summed E-state index contributed by atoms with van der Waals surface area (Å²) in [6.45, 7) is 7.68. The van der Waals surface area contributed by atoms with E-state index in [0.29, 0.717) is 12.4 Å². The number of carbonyl (C=O) groups excluding carboxylic acids is 1. The zero-order valence-electron chi connectivity index (χ0n) is 13.6. The molecule has 0 atom stereocenters. The predicted molar refractivity (Wildman–Crippen MR) is 95.5 cm³/mol. The van der Waals surface area contributed by atoms with E-state index in [2.05, 4.69) is 46.5 Å². The molecule has 1 aliphatic heterocycles. The second kappa shape index (κ2) is 6.79. The van der Waals surface area contributed by atoms with Gasteiger partial charge in [-0.05, 0) is 30.6 Å². The zero-order valence-corrected chi connectivity index (χ0v) is 13.6. The maximum Gasteiger partial charge on any atom is 0.287 e.